The third kappa shape index (κ3) is 4.45. The zero-order valence-corrected chi connectivity index (χ0v) is 13.9. The number of aldehydes is 1. The molecular formula is C20H21NO4. The Morgan fingerprint density at radius 2 is 1.60 bits per heavy atom. The number of likely N-dealkylation sites (tertiary alicyclic amines) is 1. The maximum atomic E-state index is 12.3. The standard InChI is InChI=1S/C20H21NO4/c22-13-18-19(24-14-16-7-3-1-4-8-16)11-12-21(18)20(23)25-15-17-9-5-2-6-10-17/h1-10,13,18-19H,11-12,14-15H2. The number of nitrogens with zero attached hydrogens (tertiary/aromatic N) is 1. The van der Waals surface area contributed by atoms with E-state index >= 15 is 0 Å². The molecule has 130 valence electrons. The summed E-state index contributed by atoms with van der Waals surface area (Å²) in [5.74, 6) is 0. The van der Waals surface area contributed by atoms with Gasteiger partial charge in [0.05, 0.1) is 12.7 Å². The lowest BCUT2D eigenvalue weighted by Crippen LogP contribution is -2.41. The summed E-state index contributed by atoms with van der Waals surface area (Å²) in [5.41, 5.74) is 1.95. The lowest BCUT2D eigenvalue weighted by molar-refractivity contribution is -0.115. The fourth-order valence-corrected chi connectivity index (χ4v) is 2.92. The molecule has 0 aromatic heterocycles. The van der Waals surface area contributed by atoms with E-state index in [1.807, 2.05) is 60.7 Å². The van der Waals surface area contributed by atoms with Crippen molar-refractivity contribution in [1.29, 1.82) is 0 Å². The zero-order chi connectivity index (χ0) is 17.5. The second kappa shape index (κ2) is 8.44. The molecule has 5 nitrogen and oxygen atoms in total. The molecule has 1 aliphatic rings. The van der Waals surface area contributed by atoms with Crippen molar-refractivity contribution in [3.8, 4) is 0 Å². The Bertz CT molecular complexity index is 689. The highest BCUT2D eigenvalue weighted by Crippen LogP contribution is 2.22. The second-order valence-electron chi connectivity index (χ2n) is 5.98. The van der Waals surface area contributed by atoms with Gasteiger partial charge in [-0.05, 0) is 17.5 Å². The van der Waals surface area contributed by atoms with E-state index in [1.54, 1.807) is 0 Å². The molecule has 0 N–H and O–H groups in total. The fourth-order valence-electron chi connectivity index (χ4n) is 2.92. The second-order valence-corrected chi connectivity index (χ2v) is 5.98. The molecule has 0 saturated carbocycles. The van der Waals surface area contributed by atoms with Crippen molar-refractivity contribution < 1.29 is 19.1 Å². The number of benzene rings is 2. The van der Waals surface area contributed by atoms with Gasteiger partial charge in [0.1, 0.15) is 18.9 Å². The van der Waals surface area contributed by atoms with Crippen LogP contribution in [0.25, 0.3) is 0 Å². The molecule has 0 radical (unpaired) electrons. The van der Waals surface area contributed by atoms with Crippen molar-refractivity contribution >= 4 is 12.4 Å². The molecule has 2 atom stereocenters. The Balaban J connectivity index is 1.53. The minimum atomic E-state index is -0.605. The first-order chi connectivity index (χ1) is 12.3. The summed E-state index contributed by atoms with van der Waals surface area (Å²) in [5, 5.41) is 0. The first-order valence-electron chi connectivity index (χ1n) is 8.36. The zero-order valence-electron chi connectivity index (χ0n) is 13.9. The average Bonchev–Trinajstić information content (AvgIpc) is 3.09. The van der Waals surface area contributed by atoms with Crippen LogP contribution in [-0.4, -0.2) is 36.0 Å². The van der Waals surface area contributed by atoms with Gasteiger partial charge in [-0.1, -0.05) is 60.7 Å². The van der Waals surface area contributed by atoms with Crippen LogP contribution in [0.5, 0.6) is 0 Å². The van der Waals surface area contributed by atoms with Crippen LogP contribution in [0.4, 0.5) is 4.79 Å². The molecule has 2 aromatic carbocycles. The first-order valence-corrected chi connectivity index (χ1v) is 8.36. The van der Waals surface area contributed by atoms with Gasteiger partial charge < -0.3 is 14.3 Å². The Labute approximate surface area is 147 Å². The number of hydrogen-bond donors (Lipinski definition) is 0. The number of carbonyl (C=O) groups is 2. The van der Waals surface area contributed by atoms with E-state index in [9.17, 15) is 9.59 Å². The predicted octanol–water partition coefficient (Wildman–Crippen LogP) is 3.18. The molecule has 1 amide bonds. The number of ether oxygens (including phenoxy) is 2. The molecule has 1 aliphatic heterocycles. The summed E-state index contributed by atoms with van der Waals surface area (Å²) in [7, 11) is 0. The fraction of sp³-hybridized carbons (Fsp3) is 0.300. The van der Waals surface area contributed by atoms with E-state index < -0.39 is 12.1 Å². The molecule has 1 saturated heterocycles. The maximum Gasteiger partial charge on any atom is 0.410 e. The molecule has 25 heavy (non-hydrogen) atoms. The molecule has 5 heteroatoms. The minimum Gasteiger partial charge on any atom is -0.445 e. The normalized spacial score (nSPS) is 19.6. The summed E-state index contributed by atoms with van der Waals surface area (Å²) in [6.45, 7) is 1.07. The van der Waals surface area contributed by atoms with E-state index in [0.29, 0.717) is 19.6 Å². The Hall–Kier alpha value is -2.66. The SMILES string of the molecule is O=CC1C(OCc2ccccc2)CCN1C(=O)OCc1ccccc1. The molecule has 3 rings (SSSR count). The number of rotatable bonds is 6. The number of amides is 1. The molecule has 0 bridgehead atoms. The summed E-state index contributed by atoms with van der Waals surface area (Å²) < 4.78 is 11.2. The van der Waals surface area contributed by atoms with Crippen molar-refractivity contribution in [3.05, 3.63) is 71.8 Å². The number of hydrogen-bond acceptors (Lipinski definition) is 4. The van der Waals surface area contributed by atoms with Crippen molar-refractivity contribution in [1.82, 2.24) is 4.90 Å². The van der Waals surface area contributed by atoms with E-state index in [0.717, 1.165) is 17.4 Å². The molecule has 0 aliphatic carbocycles. The summed E-state index contributed by atoms with van der Waals surface area (Å²) >= 11 is 0. The van der Waals surface area contributed by atoms with Gasteiger partial charge in [0, 0.05) is 6.54 Å². The maximum absolute atomic E-state index is 12.3. The van der Waals surface area contributed by atoms with Crippen molar-refractivity contribution in [3.63, 3.8) is 0 Å². The van der Waals surface area contributed by atoms with Gasteiger partial charge in [0.2, 0.25) is 0 Å². The lowest BCUT2D eigenvalue weighted by Gasteiger charge is -2.23. The van der Waals surface area contributed by atoms with Gasteiger partial charge in [-0.25, -0.2) is 4.79 Å². The third-order valence-electron chi connectivity index (χ3n) is 4.28. The van der Waals surface area contributed by atoms with Crippen LogP contribution in [0.3, 0.4) is 0 Å². The van der Waals surface area contributed by atoms with Crippen LogP contribution in [0, 0.1) is 0 Å². The highest BCUT2D eigenvalue weighted by molar-refractivity contribution is 5.74. The Kier molecular flexibility index (Phi) is 5.80. The molecule has 2 unspecified atom stereocenters. The molecular weight excluding hydrogens is 318 g/mol. The molecule has 0 spiro atoms. The van der Waals surface area contributed by atoms with Crippen LogP contribution < -0.4 is 0 Å². The minimum absolute atomic E-state index is 0.192. The van der Waals surface area contributed by atoms with Gasteiger partial charge >= 0.3 is 6.09 Å². The molecule has 1 heterocycles. The highest BCUT2D eigenvalue weighted by Gasteiger charge is 2.38. The van der Waals surface area contributed by atoms with Gasteiger partial charge in [-0.3, -0.25) is 4.90 Å². The van der Waals surface area contributed by atoms with E-state index in [-0.39, 0.29) is 12.7 Å². The van der Waals surface area contributed by atoms with Crippen molar-refractivity contribution in [2.24, 2.45) is 0 Å². The first kappa shape index (κ1) is 17.2. The molecule has 2 aromatic rings. The Morgan fingerprint density at radius 3 is 2.20 bits per heavy atom. The summed E-state index contributed by atoms with van der Waals surface area (Å²) in [6, 6.07) is 18.6. The average molecular weight is 339 g/mol. The van der Waals surface area contributed by atoms with Crippen molar-refractivity contribution in [2.75, 3.05) is 6.54 Å². The van der Waals surface area contributed by atoms with E-state index in [4.69, 9.17) is 9.47 Å². The van der Waals surface area contributed by atoms with Gasteiger partial charge in [-0.15, -0.1) is 0 Å². The van der Waals surface area contributed by atoms with Crippen LogP contribution in [0.15, 0.2) is 60.7 Å². The van der Waals surface area contributed by atoms with Crippen LogP contribution in [0.1, 0.15) is 17.5 Å². The Morgan fingerprint density at radius 1 is 1.00 bits per heavy atom. The van der Waals surface area contributed by atoms with Gasteiger partial charge in [0.25, 0.3) is 0 Å². The topological polar surface area (TPSA) is 55.8 Å². The van der Waals surface area contributed by atoms with E-state index in [1.165, 1.54) is 4.90 Å². The largest absolute Gasteiger partial charge is 0.445 e. The highest BCUT2D eigenvalue weighted by atomic mass is 16.6. The van der Waals surface area contributed by atoms with Gasteiger partial charge in [0.15, 0.2) is 0 Å². The summed E-state index contributed by atoms with van der Waals surface area (Å²) in [6.07, 6.45) is 0.608. The lowest BCUT2D eigenvalue weighted by atomic mass is 10.2. The van der Waals surface area contributed by atoms with Crippen LogP contribution in [-0.2, 0) is 27.5 Å². The third-order valence-corrected chi connectivity index (χ3v) is 4.28. The quantitative estimate of drug-likeness (QED) is 0.759. The smallest absolute Gasteiger partial charge is 0.410 e. The predicted molar refractivity (Wildman–Crippen MR) is 92.8 cm³/mol. The monoisotopic (exact) mass is 339 g/mol. The van der Waals surface area contributed by atoms with Crippen LogP contribution >= 0.6 is 0 Å². The van der Waals surface area contributed by atoms with E-state index in [2.05, 4.69) is 0 Å². The van der Waals surface area contributed by atoms with Crippen molar-refractivity contribution in [2.45, 2.75) is 31.8 Å². The molecule has 1 fully saturated rings. The number of carbonyl (C=O) groups excluding carboxylic acids is 2. The van der Waals surface area contributed by atoms with Crippen LogP contribution in [0.2, 0.25) is 0 Å². The van der Waals surface area contributed by atoms with Gasteiger partial charge in [-0.2, -0.15) is 0 Å². The summed E-state index contributed by atoms with van der Waals surface area (Å²) in [4.78, 5) is 25.2.